The maximum Gasteiger partial charge on any atom is 0.191 e. The molecule has 3 atom stereocenters. The summed E-state index contributed by atoms with van der Waals surface area (Å²) < 4.78 is 5.84. The van der Waals surface area contributed by atoms with Crippen LogP contribution in [0, 0.1) is 0 Å². The molecule has 3 unspecified atom stereocenters. The second-order valence-corrected chi connectivity index (χ2v) is 5.66. The van der Waals surface area contributed by atoms with Gasteiger partial charge in [0, 0.05) is 19.8 Å². The fourth-order valence-corrected chi connectivity index (χ4v) is 2.97. The lowest BCUT2D eigenvalue weighted by atomic mass is 9.96. The number of nitrogens with zero attached hydrogens (tertiary/aromatic N) is 2. The summed E-state index contributed by atoms with van der Waals surface area (Å²) in [5.41, 5.74) is 1.07. The second-order valence-electron chi connectivity index (χ2n) is 5.28. The van der Waals surface area contributed by atoms with Crippen LogP contribution in [0.25, 0.3) is 0 Å². The molecule has 0 radical (unpaired) electrons. The maximum absolute atomic E-state index is 5.84. The van der Waals surface area contributed by atoms with Crippen LogP contribution >= 0.6 is 11.6 Å². The van der Waals surface area contributed by atoms with Crippen LogP contribution in [-0.4, -0.2) is 36.2 Å². The van der Waals surface area contributed by atoms with Gasteiger partial charge in [0.25, 0.3) is 0 Å². The van der Waals surface area contributed by atoms with Gasteiger partial charge in [-0.15, -0.1) is 0 Å². The van der Waals surface area contributed by atoms with E-state index < -0.39 is 0 Å². The van der Waals surface area contributed by atoms with Crippen LogP contribution in [0.4, 0.5) is 0 Å². The van der Waals surface area contributed by atoms with Crippen LogP contribution in [0.3, 0.4) is 0 Å². The summed E-state index contributed by atoms with van der Waals surface area (Å²) in [5.74, 6) is 0.807. The van der Waals surface area contributed by atoms with Gasteiger partial charge in [0.05, 0.1) is 18.2 Å². The van der Waals surface area contributed by atoms with Gasteiger partial charge in [0.2, 0.25) is 0 Å². The normalized spacial score (nSPS) is 28.7. The summed E-state index contributed by atoms with van der Waals surface area (Å²) in [6.07, 6.45) is 5.98. The van der Waals surface area contributed by atoms with E-state index in [0.717, 1.165) is 24.4 Å². The van der Waals surface area contributed by atoms with Crippen LogP contribution in [-0.2, 0) is 11.3 Å². The van der Waals surface area contributed by atoms with E-state index in [-0.39, 0.29) is 0 Å². The Morgan fingerprint density at radius 1 is 1.50 bits per heavy atom. The number of aromatic nitrogens is 1. The second kappa shape index (κ2) is 5.97. The van der Waals surface area contributed by atoms with Crippen LogP contribution in [0.2, 0.25) is 5.15 Å². The molecule has 6 heteroatoms. The molecule has 2 bridgehead atoms. The van der Waals surface area contributed by atoms with Gasteiger partial charge in [-0.2, -0.15) is 0 Å². The van der Waals surface area contributed by atoms with Gasteiger partial charge in [-0.3, -0.25) is 4.99 Å². The highest BCUT2D eigenvalue weighted by Crippen LogP contribution is 2.34. The Bertz CT molecular complexity index is 490. The first kappa shape index (κ1) is 13.6. The molecule has 0 spiro atoms. The highest BCUT2D eigenvalue weighted by molar-refractivity contribution is 6.29. The first-order valence-corrected chi connectivity index (χ1v) is 7.35. The molecule has 108 valence electrons. The average molecular weight is 295 g/mol. The van der Waals surface area contributed by atoms with Gasteiger partial charge in [0.15, 0.2) is 5.96 Å². The number of pyridine rings is 1. The van der Waals surface area contributed by atoms with Gasteiger partial charge < -0.3 is 15.4 Å². The van der Waals surface area contributed by atoms with Gasteiger partial charge in [0.1, 0.15) is 5.15 Å². The van der Waals surface area contributed by atoms with E-state index in [2.05, 4.69) is 20.6 Å². The number of nitrogens with one attached hydrogen (secondary N) is 2. The Morgan fingerprint density at radius 2 is 2.40 bits per heavy atom. The fraction of sp³-hybridized carbons (Fsp3) is 0.571. The number of fused-ring (bicyclic) bond motifs is 2. The number of hydrogen-bond donors (Lipinski definition) is 2. The third kappa shape index (κ3) is 3.04. The molecule has 5 nitrogen and oxygen atoms in total. The van der Waals surface area contributed by atoms with Gasteiger partial charge in [-0.25, -0.2) is 4.98 Å². The monoisotopic (exact) mass is 294 g/mol. The summed E-state index contributed by atoms with van der Waals surface area (Å²) in [4.78, 5) is 8.32. The summed E-state index contributed by atoms with van der Waals surface area (Å²) >= 11 is 5.77. The Morgan fingerprint density at radius 3 is 3.00 bits per heavy atom. The van der Waals surface area contributed by atoms with Gasteiger partial charge in [-0.05, 0) is 30.9 Å². The van der Waals surface area contributed by atoms with Crippen molar-refractivity contribution in [2.45, 2.75) is 44.1 Å². The van der Waals surface area contributed by atoms with Crippen molar-refractivity contribution >= 4 is 17.6 Å². The number of guanidine groups is 1. The van der Waals surface area contributed by atoms with Gasteiger partial charge >= 0.3 is 0 Å². The van der Waals surface area contributed by atoms with Crippen molar-refractivity contribution in [3.63, 3.8) is 0 Å². The number of hydrogen-bond acceptors (Lipinski definition) is 3. The van der Waals surface area contributed by atoms with Crippen molar-refractivity contribution < 1.29 is 4.74 Å². The number of ether oxygens (including phenoxy) is 1. The van der Waals surface area contributed by atoms with Crippen molar-refractivity contribution in [3.8, 4) is 0 Å². The zero-order chi connectivity index (χ0) is 13.9. The molecule has 3 rings (SSSR count). The first-order chi connectivity index (χ1) is 9.74. The summed E-state index contributed by atoms with van der Waals surface area (Å²) in [5, 5.41) is 7.25. The predicted molar refractivity (Wildman–Crippen MR) is 78.9 cm³/mol. The first-order valence-electron chi connectivity index (χ1n) is 6.97. The largest absolute Gasteiger partial charge is 0.373 e. The van der Waals surface area contributed by atoms with Gasteiger partial charge in [-0.1, -0.05) is 17.7 Å². The summed E-state index contributed by atoms with van der Waals surface area (Å²) in [6.45, 7) is 0.672. The molecule has 1 aromatic heterocycles. The van der Waals surface area contributed by atoms with Crippen molar-refractivity contribution in [1.82, 2.24) is 15.6 Å². The van der Waals surface area contributed by atoms with E-state index in [9.17, 15) is 0 Å². The summed E-state index contributed by atoms with van der Waals surface area (Å²) in [7, 11) is 1.78. The minimum Gasteiger partial charge on any atom is -0.373 e. The Labute approximate surface area is 123 Å². The molecule has 2 aliphatic heterocycles. The maximum atomic E-state index is 5.84. The van der Waals surface area contributed by atoms with Crippen LogP contribution in [0.1, 0.15) is 24.8 Å². The molecular formula is C14H19ClN4O. The topological polar surface area (TPSA) is 58.5 Å². The molecule has 2 fully saturated rings. The molecule has 1 aromatic rings. The van der Waals surface area contributed by atoms with E-state index in [4.69, 9.17) is 16.3 Å². The fourth-order valence-electron chi connectivity index (χ4n) is 2.86. The number of halogens is 1. The van der Waals surface area contributed by atoms with Crippen molar-refractivity contribution in [2.24, 2.45) is 4.99 Å². The molecule has 2 saturated heterocycles. The highest BCUT2D eigenvalue weighted by atomic mass is 35.5. The van der Waals surface area contributed by atoms with E-state index in [1.54, 1.807) is 19.3 Å². The molecular weight excluding hydrogens is 276 g/mol. The van der Waals surface area contributed by atoms with Crippen molar-refractivity contribution in [2.75, 3.05) is 7.05 Å². The molecule has 0 aromatic carbocycles. The van der Waals surface area contributed by atoms with E-state index in [1.165, 1.54) is 6.42 Å². The van der Waals surface area contributed by atoms with Crippen LogP contribution < -0.4 is 10.6 Å². The summed E-state index contributed by atoms with van der Waals surface area (Å²) in [6, 6.07) is 4.12. The lowest BCUT2D eigenvalue weighted by molar-refractivity contribution is 0.0992. The number of rotatable bonds is 3. The standard InChI is InChI=1S/C14H19ClN4O/c1-16-14(18-8-9-2-5-13(15)17-7-9)19-11-6-10-3-4-12(11)20-10/h2,5,7,10-12H,3-4,6,8H2,1H3,(H2,16,18,19). The molecule has 0 amide bonds. The average Bonchev–Trinajstić information content (AvgIpc) is 3.07. The third-order valence-electron chi connectivity index (χ3n) is 3.90. The Hall–Kier alpha value is -1.33. The lowest BCUT2D eigenvalue weighted by Crippen LogP contribution is -2.47. The number of aliphatic imine (C=N–C) groups is 1. The minimum atomic E-state index is 0.343. The molecule has 0 aliphatic carbocycles. The SMILES string of the molecule is CN=C(NCc1ccc(Cl)nc1)NC1CC2CCC1O2. The zero-order valence-electron chi connectivity index (χ0n) is 11.5. The zero-order valence-corrected chi connectivity index (χ0v) is 12.2. The predicted octanol–water partition coefficient (Wildman–Crippen LogP) is 1.72. The van der Waals surface area contributed by atoms with E-state index in [0.29, 0.717) is 29.9 Å². The van der Waals surface area contributed by atoms with E-state index >= 15 is 0 Å². The Kier molecular flexibility index (Phi) is 4.08. The third-order valence-corrected chi connectivity index (χ3v) is 4.12. The quantitative estimate of drug-likeness (QED) is 0.506. The smallest absolute Gasteiger partial charge is 0.191 e. The lowest BCUT2D eigenvalue weighted by Gasteiger charge is -2.22. The minimum absolute atomic E-state index is 0.343. The van der Waals surface area contributed by atoms with Crippen molar-refractivity contribution in [1.29, 1.82) is 0 Å². The Balaban J connectivity index is 1.51. The van der Waals surface area contributed by atoms with E-state index in [1.807, 2.05) is 6.07 Å². The van der Waals surface area contributed by atoms with Crippen LogP contribution in [0.15, 0.2) is 23.3 Å². The molecule has 2 aliphatic rings. The molecule has 3 heterocycles. The molecule has 0 saturated carbocycles. The molecule has 2 N–H and O–H groups in total. The van der Waals surface area contributed by atoms with Crippen molar-refractivity contribution in [3.05, 3.63) is 29.0 Å². The molecule has 20 heavy (non-hydrogen) atoms. The highest BCUT2D eigenvalue weighted by Gasteiger charge is 2.41. The van der Waals surface area contributed by atoms with Crippen LogP contribution in [0.5, 0.6) is 0 Å².